The maximum atomic E-state index is 5.34. The van der Waals surface area contributed by atoms with E-state index in [0.29, 0.717) is 0 Å². The molecule has 5 heteroatoms. The van der Waals surface area contributed by atoms with Gasteiger partial charge in [0.2, 0.25) is 5.95 Å². The number of hydrogen-bond acceptors (Lipinski definition) is 4. The van der Waals surface area contributed by atoms with E-state index in [1.165, 1.54) is 5.56 Å². The summed E-state index contributed by atoms with van der Waals surface area (Å²) in [7, 11) is 0. The lowest BCUT2D eigenvalue weighted by molar-refractivity contribution is 0.147. The van der Waals surface area contributed by atoms with Gasteiger partial charge < -0.3 is 14.6 Å². The van der Waals surface area contributed by atoms with Gasteiger partial charge in [-0.2, -0.15) is 0 Å². The number of pyridine rings is 1. The highest BCUT2D eigenvalue weighted by molar-refractivity contribution is 5.28. The molecule has 114 valence electrons. The van der Waals surface area contributed by atoms with E-state index in [-0.39, 0.29) is 0 Å². The summed E-state index contributed by atoms with van der Waals surface area (Å²) >= 11 is 0. The van der Waals surface area contributed by atoms with Gasteiger partial charge in [0.1, 0.15) is 0 Å². The molecule has 0 spiro atoms. The molecular weight excluding hydrogens is 264 g/mol. The highest BCUT2D eigenvalue weighted by Crippen LogP contribution is 2.10. The Hall–Kier alpha value is -1.88. The van der Waals surface area contributed by atoms with Crippen LogP contribution in [-0.2, 0) is 17.7 Å². The van der Waals surface area contributed by atoms with Crippen molar-refractivity contribution >= 4 is 5.95 Å². The summed E-state index contributed by atoms with van der Waals surface area (Å²) in [6.07, 6.45) is 7.75. The molecule has 5 nitrogen and oxygen atoms in total. The van der Waals surface area contributed by atoms with E-state index in [1.807, 2.05) is 26.1 Å². The van der Waals surface area contributed by atoms with Gasteiger partial charge in [0, 0.05) is 44.9 Å². The lowest BCUT2D eigenvalue weighted by atomic mass is 10.2. The summed E-state index contributed by atoms with van der Waals surface area (Å²) in [5, 5.41) is 3.39. The van der Waals surface area contributed by atoms with Gasteiger partial charge in [0.15, 0.2) is 0 Å². The molecule has 0 saturated heterocycles. The Labute approximate surface area is 126 Å². The molecule has 21 heavy (non-hydrogen) atoms. The van der Waals surface area contributed by atoms with Crippen LogP contribution in [0.25, 0.3) is 0 Å². The van der Waals surface area contributed by atoms with Crippen molar-refractivity contribution in [2.45, 2.75) is 33.2 Å². The fraction of sp³-hybridized carbons (Fsp3) is 0.500. The Morgan fingerprint density at radius 1 is 1.38 bits per heavy atom. The number of rotatable bonds is 9. The summed E-state index contributed by atoms with van der Waals surface area (Å²) < 4.78 is 7.51. The van der Waals surface area contributed by atoms with Crippen LogP contribution in [0.3, 0.4) is 0 Å². The largest absolute Gasteiger partial charge is 0.382 e. The molecule has 0 aliphatic rings. The number of hydrogen-bond donors (Lipinski definition) is 1. The van der Waals surface area contributed by atoms with Crippen molar-refractivity contribution < 1.29 is 4.74 Å². The Morgan fingerprint density at radius 3 is 3.05 bits per heavy atom. The average molecular weight is 288 g/mol. The van der Waals surface area contributed by atoms with Crippen LogP contribution in [0.1, 0.15) is 24.6 Å². The highest BCUT2D eigenvalue weighted by atomic mass is 16.5. The molecule has 2 aromatic heterocycles. The van der Waals surface area contributed by atoms with Gasteiger partial charge in [-0.25, -0.2) is 4.98 Å². The predicted molar refractivity (Wildman–Crippen MR) is 84.5 cm³/mol. The Bertz CT molecular complexity index is 524. The molecule has 2 heterocycles. The van der Waals surface area contributed by atoms with E-state index in [2.05, 4.69) is 32.1 Å². The summed E-state index contributed by atoms with van der Waals surface area (Å²) in [5.41, 5.74) is 2.28. The molecule has 0 aliphatic carbocycles. The van der Waals surface area contributed by atoms with E-state index in [0.717, 1.165) is 50.8 Å². The van der Waals surface area contributed by atoms with Crippen LogP contribution >= 0.6 is 0 Å². The minimum absolute atomic E-state index is 0.777. The zero-order valence-electron chi connectivity index (χ0n) is 12.9. The second-order valence-electron chi connectivity index (χ2n) is 4.99. The lowest BCUT2D eigenvalue weighted by Crippen LogP contribution is -2.11. The number of aromatic nitrogens is 3. The zero-order chi connectivity index (χ0) is 14.9. The van der Waals surface area contributed by atoms with Crippen molar-refractivity contribution in [2.24, 2.45) is 0 Å². The SMILES string of the molecule is CCOCCCNc1nc(C)cn1CCc1cccnc1. The van der Waals surface area contributed by atoms with Crippen LogP contribution < -0.4 is 5.32 Å². The second kappa shape index (κ2) is 8.42. The molecule has 1 N–H and O–H groups in total. The molecule has 2 aromatic rings. The summed E-state index contributed by atoms with van der Waals surface area (Å²) in [6, 6.07) is 4.08. The van der Waals surface area contributed by atoms with Crippen molar-refractivity contribution in [3.8, 4) is 0 Å². The molecule has 2 rings (SSSR count). The summed E-state index contributed by atoms with van der Waals surface area (Å²) in [5.74, 6) is 0.938. The average Bonchev–Trinajstić information content (AvgIpc) is 2.86. The molecule has 0 aromatic carbocycles. The fourth-order valence-corrected chi connectivity index (χ4v) is 2.17. The van der Waals surface area contributed by atoms with Crippen LogP contribution in [0.2, 0.25) is 0 Å². The van der Waals surface area contributed by atoms with Crippen LogP contribution in [0.15, 0.2) is 30.7 Å². The van der Waals surface area contributed by atoms with Gasteiger partial charge in [-0.3, -0.25) is 4.98 Å². The van der Waals surface area contributed by atoms with Crippen molar-refractivity contribution in [1.29, 1.82) is 0 Å². The first-order chi connectivity index (χ1) is 10.3. The van der Waals surface area contributed by atoms with Gasteiger partial charge in [-0.05, 0) is 38.3 Å². The molecule has 0 fully saturated rings. The smallest absolute Gasteiger partial charge is 0.203 e. The summed E-state index contributed by atoms with van der Waals surface area (Å²) in [4.78, 5) is 8.68. The Morgan fingerprint density at radius 2 is 2.29 bits per heavy atom. The fourth-order valence-electron chi connectivity index (χ4n) is 2.17. The van der Waals surface area contributed by atoms with E-state index in [9.17, 15) is 0 Å². The second-order valence-corrected chi connectivity index (χ2v) is 4.99. The number of anilines is 1. The molecule has 0 radical (unpaired) electrons. The molecular formula is C16H24N4O. The van der Waals surface area contributed by atoms with Crippen LogP contribution in [-0.4, -0.2) is 34.3 Å². The molecule has 0 unspecified atom stereocenters. The Balaban J connectivity index is 1.84. The van der Waals surface area contributed by atoms with E-state index >= 15 is 0 Å². The number of imidazole rings is 1. The first kappa shape index (κ1) is 15.5. The number of nitrogens with one attached hydrogen (secondary N) is 1. The maximum Gasteiger partial charge on any atom is 0.203 e. The maximum absolute atomic E-state index is 5.34. The third kappa shape index (κ3) is 5.19. The molecule has 0 atom stereocenters. The summed E-state index contributed by atoms with van der Waals surface area (Å²) in [6.45, 7) is 7.38. The van der Waals surface area contributed by atoms with Crippen molar-refractivity contribution in [3.05, 3.63) is 42.0 Å². The lowest BCUT2D eigenvalue weighted by Gasteiger charge is -2.09. The molecule has 0 bridgehead atoms. The van der Waals surface area contributed by atoms with Gasteiger partial charge in [-0.1, -0.05) is 6.07 Å². The highest BCUT2D eigenvalue weighted by Gasteiger charge is 2.05. The van der Waals surface area contributed by atoms with E-state index in [1.54, 1.807) is 6.20 Å². The van der Waals surface area contributed by atoms with Crippen molar-refractivity contribution in [2.75, 3.05) is 25.1 Å². The third-order valence-electron chi connectivity index (χ3n) is 3.21. The third-order valence-corrected chi connectivity index (χ3v) is 3.21. The number of nitrogens with zero attached hydrogens (tertiary/aromatic N) is 3. The van der Waals surface area contributed by atoms with Crippen molar-refractivity contribution in [3.63, 3.8) is 0 Å². The zero-order valence-corrected chi connectivity index (χ0v) is 12.9. The minimum Gasteiger partial charge on any atom is -0.382 e. The van der Waals surface area contributed by atoms with E-state index in [4.69, 9.17) is 4.74 Å². The first-order valence-corrected chi connectivity index (χ1v) is 7.54. The predicted octanol–water partition coefficient (Wildman–Crippen LogP) is 2.67. The molecule has 0 aliphatic heterocycles. The normalized spacial score (nSPS) is 10.8. The van der Waals surface area contributed by atoms with Gasteiger partial charge in [0.05, 0.1) is 5.69 Å². The monoisotopic (exact) mass is 288 g/mol. The topological polar surface area (TPSA) is 52.0 Å². The first-order valence-electron chi connectivity index (χ1n) is 7.54. The minimum atomic E-state index is 0.777. The van der Waals surface area contributed by atoms with Gasteiger partial charge in [-0.15, -0.1) is 0 Å². The molecule has 0 saturated carbocycles. The van der Waals surface area contributed by atoms with Gasteiger partial charge >= 0.3 is 0 Å². The Kier molecular flexibility index (Phi) is 6.22. The quantitative estimate of drug-likeness (QED) is 0.721. The van der Waals surface area contributed by atoms with Crippen molar-refractivity contribution in [1.82, 2.24) is 14.5 Å². The van der Waals surface area contributed by atoms with Gasteiger partial charge in [0.25, 0.3) is 0 Å². The standard InChI is InChI=1S/C16H24N4O/c1-3-21-11-5-9-18-16-19-14(2)13-20(16)10-7-15-6-4-8-17-12-15/h4,6,8,12-13H,3,5,7,9-11H2,1-2H3,(H,18,19). The van der Waals surface area contributed by atoms with Crippen LogP contribution in [0, 0.1) is 6.92 Å². The number of ether oxygens (including phenoxy) is 1. The molecule has 0 amide bonds. The number of aryl methyl sites for hydroxylation is 3. The van der Waals surface area contributed by atoms with Crippen LogP contribution in [0.4, 0.5) is 5.95 Å². The van der Waals surface area contributed by atoms with E-state index < -0.39 is 0 Å². The van der Waals surface area contributed by atoms with Crippen LogP contribution in [0.5, 0.6) is 0 Å².